The number of benzene rings is 2. The van der Waals surface area contributed by atoms with E-state index in [2.05, 4.69) is 4.98 Å². The fourth-order valence-electron chi connectivity index (χ4n) is 2.34. The summed E-state index contributed by atoms with van der Waals surface area (Å²) in [5, 5.41) is 8.56. The molecule has 0 saturated carbocycles. The lowest BCUT2D eigenvalue weighted by molar-refractivity contribution is -0.111. The molecular formula is C25H26FN5O2. The van der Waals surface area contributed by atoms with E-state index in [-0.39, 0.29) is 10.2 Å². The number of aromatic nitrogens is 1. The molecule has 8 heteroatoms. The van der Waals surface area contributed by atoms with Crippen LogP contribution in [0.25, 0.3) is 10.9 Å². The van der Waals surface area contributed by atoms with Crippen LogP contribution in [0.1, 0.15) is 42.7 Å². The van der Waals surface area contributed by atoms with Gasteiger partial charge in [-0.3, -0.25) is 9.78 Å². The van der Waals surface area contributed by atoms with Crippen molar-refractivity contribution in [1.82, 2.24) is 9.88 Å². The molecular weight excluding hydrogens is 421 g/mol. The molecule has 0 aliphatic rings. The Labute approximate surface area is 220 Å². The predicted molar refractivity (Wildman–Crippen MR) is 128 cm³/mol. The van der Waals surface area contributed by atoms with E-state index in [0.29, 0.717) is 7.05 Å². The van der Waals surface area contributed by atoms with Crippen LogP contribution in [0, 0.1) is 24.1 Å². The summed E-state index contributed by atoms with van der Waals surface area (Å²) in [6.45, 7) is -13.1. The SMILES string of the molecule is [2H]/C(C(=O)N([2H])c1c(OC([2H])([2H])C([2H])([2H])[2H])c([2H])c2nc([2H])c(C#N)c(N([2H])c3c([2H])c([2H])c(F)c(C)c3[2H])c2c1[2H])=C(/[2H])C([2H])([2H])N(C)C([2H])([2H])[2H]. The van der Waals surface area contributed by atoms with E-state index in [0.717, 1.165) is 6.92 Å². The number of hydrogen-bond acceptors (Lipinski definition) is 6. The second-order valence-electron chi connectivity index (χ2n) is 6.03. The molecule has 170 valence electrons. The Hall–Kier alpha value is -3.96. The Morgan fingerprint density at radius 3 is 3.12 bits per heavy atom. The van der Waals surface area contributed by atoms with Gasteiger partial charge in [-0.15, -0.1) is 0 Å². The number of halogens is 1. The minimum absolute atomic E-state index is 0.00506. The Morgan fingerprint density at radius 2 is 2.36 bits per heavy atom. The number of likely N-dealkylation sites (N-methyl/N-ethyl adjacent to an activating group) is 1. The highest BCUT2D eigenvalue weighted by Gasteiger charge is 2.15. The largest absolute Gasteiger partial charge is 0.492 e. The normalized spacial score (nSPS) is 22.0. The van der Waals surface area contributed by atoms with Crippen LogP contribution in [0.4, 0.5) is 21.5 Å². The van der Waals surface area contributed by atoms with Crippen molar-refractivity contribution in [3.05, 3.63) is 65.4 Å². The minimum atomic E-state index is -3.79. The number of amides is 1. The first-order chi connectivity index (χ1) is 23.9. The maximum absolute atomic E-state index is 14.6. The molecule has 2 N–H and O–H groups in total. The summed E-state index contributed by atoms with van der Waals surface area (Å²) in [7, 11) is 0.684. The Morgan fingerprint density at radius 1 is 1.52 bits per heavy atom. The summed E-state index contributed by atoms with van der Waals surface area (Å²) < 4.78 is 181. The zero-order chi connectivity index (χ0) is 41.2. The van der Waals surface area contributed by atoms with E-state index in [4.69, 9.17) is 32.2 Å². The summed E-state index contributed by atoms with van der Waals surface area (Å²) in [5.74, 6) is -4.82. The van der Waals surface area contributed by atoms with Gasteiger partial charge in [0.2, 0.25) is 5.91 Å². The van der Waals surface area contributed by atoms with Crippen molar-refractivity contribution in [1.29, 1.82) is 5.26 Å². The highest BCUT2D eigenvalue weighted by Crippen LogP contribution is 2.36. The van der Waals surface area contributed by atoms with Crippen LogP contribution in [0.15, 0.2) is 48.5 Å². The number of nitrogens with zero attached hydrogens (tertiary/aromatic N) is 3. The van der Waals surface area contributed by atoms with E-state index >= 15 is 0 Å². The average molecular weight is 468 g/mol. The maximum atomic E-state index is 14.6. The lowest BCUT2D eigenvalue weighted by Crippen LogP contribution is -2.13. The molecule has 3 aromatic rings. The lowest BCUT2D eigenvalue weighted by Gasteiger charge is -2.16. The minimum Gasteiger partial charge on any atom is -0.492 e. The molecule has 0 atom stereocenters. The number of ether oxygens (including phenoxy) is 1. The molecule has 0 fully saturated rings. The Kier molecular flexibility index (Phi) is 2.81. The summed E-state index contributed by atoms with van der Waals surface area (Å²) in [5.41, 5.74) is -5.76. The van der Waals surface area contributed by atoms with Crippen molar-refractivity contribution in [2.45, 2.75) is 13.8 Å². The monoisotopic (exact) mass is 467 g/mol. The molecule has 0 saturated heterocycles. The average Bonchev–Trinajstić information content (AvgIpc) is 3.05. The second-order valence-corrected chi connectivity index (χ2v) is 6.03. The molecule has 3 rings (SSSR count). The molecule has 7 nitrogen and oxygen atoms in total. The van der Waals surface area contributed by atoms with Crippen molar-refractivity contribution >= 4 is 33.9 Å². The zero-order valence-electron chi connectivity index (χ0n) is 36.9. The van der Waals surface area contributed by atoms with Crippen LogP contribution in [-0.2, 0) is 4.79 Å². The van der Waals surface area contributed by atoms with E-state index < -0.39 is 137 Å². The first-order valence-electron chi connectivity index (χ1n) is 18.7. The highest BCUT2D eigenvalue weighted by molar-refractivity contribution is 6.04. The summed E-state index contributed by atoms with van der Waals surface area (Å²) in [6, 6.07) is -7.63. The van der Waals surface area contributed by atoms with E-state index in [1.54, 1.807) is 0 Å². The van der Waals surface area contributed by atoms with Crippen molar-refractivity contribution in [3.63, 3.8) is 0 Å². The molecule has 1 amide bonds. The van der Waals surface area contributed by atoms with Gasteiger partial charge in [0.15, 0.2) is 2.82 Å². The zero-order valence-corrected chi connectivity index (χ0v) is 16.9. The van der Waals surface area contributed by atoms with Crippen molar-refractivity contribution < 1.29 is 41.4 Å². The van der Waals surface area contributed by atoms with Crippen LogP contribution in [0.2, 0.25) is 2.82 Å². The number of nitriles is 1. The van der Waals surface area contributed by atoms with Gasteiger partial charge in [-0.25, -0.2) is 4.39 Å². The third-order valence-corrected chi connectivity index (χ3v) is 3.70. The standard InChI is InChI=1S/C25H26FN5O2/c1-5-33-23-13-21-19(12-22(23)30-24(32)7-6-10-31(3)4)25(17(14-27)15-28-21)29-18-8-9-20(26)16(2)11-18/h6-9,11-13,15H,5,10H2,1-4H3,(H,28,29)(H,30,32)/b7-6+/i1D3,3D3,5D2,6D,7D,8D,9D,10D2,11D,12D,13D,15D/hD2. The molecule has 1 aromatic heterocycles. The molecule has 0 unspecified atom stereocenters. The smallest absolute Gasteiger partial charge is 0.248 e. The van der Waals surface area contributed by atoms with Gasteiger partial charge in [-0.1, -0.05) is 6.05 Å². The molecule has 0 aliphatic carbocycles. The summed E-state index contributed by atoms with van der Waals surface area (Å²) >= 11 is 0. The van der Waals surface area contributed by atoms with Gasteiger partial charge in [0.1, 0.15) is 17.6 Å². The number of hydrogen-bond donors (Lipinski definition) is 2. The summed E-state index contributed by atoms with van der Waals surface area (Å²) in [6.07, 6.45) is -1.06. The number of anilines is 3. The number of carbonyl (C=O) groups excluding carboxylic acids is 1. The number of carbonyl (C=O) groups is 1. The van der Waals surface area contributed by atoms with Crippen LogP contribution < -0.4 is 15.4 Å². The molecule has 1 heterocycles. The van der Waals surface area contributed by atoms with Gasteiger partial charge in [0.05, 0.1) is 42.7 Å². The maximum Gasteiger partial charge on any atom is 0.248 e. The molecule has 0 aliphatic heterocycles. The third kappa shape index (κ3) is 5.84. The van der Waals surface area contributed by atoms with Gasteiger partial charge in [-0.2, -0.15) is 5.26 Å². The molecule has 2 aromatic carbocycles. The van der Waals surface area contributed by atoms with E-state index in [1.807, 2.05) is 0 Å². The van der Waals surface area contributed by atoms with E-state index in [9.17, 15) is 14.4 Å². The summed E-state index contributed by atoms with van der Waals surface area (Å²) in [4.78, 5) is 17.2. The van der Waals surface area contributed by atoms with Crippen LogP contribution >= 0.6 is 0 Å². The van der Waals surface area contributed by atoms with Crippen molar-refractivity contribution in [2.24, 2.45) is 0 Å². The third-order valence-electron chi connectivity index (χ3n) is 3.70. The van der Waals surface area contributed by atoms with Gasteiger partial charge < -0.3 is 20.3 Å². The van der Waals surface area contributed by atoms with Gasteiger partial charge in [0, 0.05) is 46.8 Å². The fourth-order valence-corrected chi connectivity index (χ4v) is 2.34. The lowest BCUT2D eigenvalue weighted by atomic mass is 10.1. The van der Waals surface area contributed by atoms with Gasteiger partial charge >= 0.3 is 0 Å². The topological polar surface area (TPSA) is 90.3 Å². The molecule has 0 bridgehead atoms. The van der Waals surface area contributed by atoms with Crippen molar-refractivity contribution in [2.75, 3.05) is 37.7 Å². The second kappa shape index (κ2) is 10.6. The quantitative estimate of drug-likeness (QED) is 0.465. The highest BCUT2D eigenvalue weighted by atomic mass is 19.1. The van der Waals surface area contributed by atoms with Crippen molar-refractivity contribution in [3.8, 4) is 11.8 Å². The molecule has 0 radical (unpaired) electrons. The van der Waals surface area contributed by atoms with Gasteiger partial charge in [0.25, 0.3) is 0 Å². The fraction of sp³-hybridized carbons (Fsp3) is 0.240. The number of pyridine rings is 1. The first-order valence-corrected chi connectivity index (χ1v) is 8.76. The predicted octanol–water partition coefficient (Wildman–Crippen LogP) is 4.75. The van der Waals surface area contributed by atoms with Crippen LogP contribution in [0.3, 0.4) is 0 Å². The Balaban J connectivity index is 2.60. The number of rotatable bonds is 8. The Bertz CT molecular complexity index is 2070. The van der Waals surface area contributed by atoms with Gasteiger partial charge in [-0.05, 0) is 57.5 Å². The molecule has 0 spiro atoms. The van der Waals surface area contributed by atoms with E-state index in [1.165, 1.54) is 6.07 Å². The van der Waals surface area contributed by atoms with Crippen LogP contribution in [-0.4, -0.2) is 42.9 Å². The van der Waals surface area contributed by atoms with Crippen LogP contribution in [0.5, 0.6) is 5.75 Å². The molecule has 33 heavy (non-hydrogen) atoms. The number of fused-ring (bicyclic) bond motifs is 1. The number of nitrogens with one attached hydrogen (secondary N) is 2. The first kappa shape index (κ1) is 8.76.